The van der Waals surface area contributed by atoms with Crippen molar-refractivity contribution in [3.63, 3.8) is 0 Å². The Morgan fingerprint density at radius 2 is 1.80 bits per heavy atom. The van der Waals surface area contributed by atoms with Crippen LogP contribution in [0.2, 0.25) is 0 Å². The second kappa shape index (κ2) is 5.63. The molecule has 0 radical (unpaired) electrons. The lowest BCUT2D eigenvalue weighted by Crippen LogP contribution is -2.09. The van der Waals surface area contributed by atoms with Gasteiger partial charge in [0.2, 0.25) is 0 Å². The maximum absolute atomic E-state index is 13.9. The molecule has 0 unspecified atom stereocenters. The van der Waals surface area contributed by atoms with Crippen LogP contribution in [0.4, 0.5) is 4.39 Å². The molecule has 2 aromatic rings. The summed E-state index contributed by atoms with van der Waals surface area (Å²) in [4.78, 5) is 0. The van der Waals surface area contributed by atoms with Gasteiger partial charge >= 0.3 is 0 Å². The first-order chi connectivity index (χ1) is 9.40. The summed E-state index contributed by atoms with van der Waals surface area (Å²) in [7, 11) is 0. The number of hydrogen-bond acceptors (Lipinski definition) is 2. The highest BCUT2D eigenvalue weighted by molar-refractivity contribution is 5.46. The predicted octanol–water partition coefficient (Wildman–Crippen LogP) is 4.56. The number of hydrogen-bond donors (Lipinski definition) is 1. The third kappa shape index (κ3) is 2.83. The van der Waals surface area contributed by atoms with E-state index in [0.29, 0.717) is 11.3 Å². The van der Waals surface area contributed by atoms with Crippen LogP contribution in [0.15, 0.2) is 30.3 Å². The van der Waals surface area contributed by atoms with Crippen LogP contribution in [0.3, 0.4) is 0 Å². The molecule has 0 fully saturated rings. The van der Waals surface area contributed by atoms with Crippen LogP contribution in [0.5, 0.6) is 11.5 Å². The number of aryl methyl sites for hydroxylation is 2. The van der Waals surface area contributed by atoms with Crippen molar-refractivity contribution < 1.29 is 9.13 Å². The van der Waals surface area contributed by atoms with Crippen molar-refractivity contribution in [2.45, 2.75) is 33.7 Å². The topological polar surface area (TPSA) is 35.2 Å². The summed E-state index contributed by atoms with van der Waals surface area (Å²) < 4.78 is 19.8. The third-order valence-electron chi connectivity index (χ3n) is 3.45. The lowest BCUT2D eigenvalue weighted by atomic mass is 10.0. The second-order valence-electron chi connectivity index (χ2n) is 5.25. The predicted molar refractivity (Wildman–Crippen MR) is 79.7 cm³/mol. The Morgan fingerprint density at radius 3 is 2.45 bits per heavy atom. The summed E-state index contributed by atoms with van der Waals surface area (Å²) in [5.41, 5.74) is 9.57. The van der Waals surface area contributed by atoms with Gasteiger partial charge in [-0.2, -0.15) is 0 Å². The molecule has 0 saturated carbocycles. The number of benzene rings is 2. The summed E-state index contributed by atoms with van der Waals surface area (Å²) >= 11 is 0. The molecule has 0 aliphatic rings. The van der Waals surface area contributed by atoms with Gasteiger partial charge in [-0.3, -0.25) is 0 Å². The molecule has 2 rings (SSSR count). The first-order valence-electron chi connectivity index (χ1n) is 6.70. The standard InChI is InChI=1S/C17H20FNO/c1-10-8-11(2)12(3)16(9-10)20-15-7-5-6-14(18)17(15)13(4)19/h5-9,13H,19H2,1-4H3/t13-/m0/s1. The van der Waals surface area contributed by atoms with Gasteiger partial charge in [-0.25, -0.2) is 4.39 Å². The smallest absolute Gasteiger partial charge is 0.135 e. The molecule has 0 saturated heterocycles. The fourth-order valence-corrected chi connectivity index (χ4v) is 2.27. The molecule has 0 aromatic heterocycles. The van der Waals surface area contributed by atoms with Gasteiger partial charge in [-0.05, 0) is 62.6 Å². The Kier molecular flexibility index (Phi) is 4.09. The minimum absolute atomic E-state index is 0.334. The highest BCUT2D eigenvalue weighted by atomic mass is 19.1. The molecular weight excluding hydrogens is 253 g/mol. The van der Waals surface area contributed by atoms with Crippen molar-refractivity contribution in [1.82, 2.24) is 0 Å². The maximum atomic E-state index is 13.9. The highest BCUT2D eigenvalue weighted by Gasteiger charge is 2.15. The van der Waals surface area contributed by atoms with Gasteiger partial charge in [0.15, 0.2) is 0 Å². The van der Waals surface area contributed by atoms with Gasteiger partial charge < -0.3 is 10.5 Å². The van der Waals surface area contributed by atoms with E-state index < -0.39 is 6.04 Å². The lowest BCUT2D eigenvalue weighted by Gasteiger charge is -2.17. The molecule has 20 heavy (non-hydrogen) atoms. The average Bonchev–Trinajstić information content (AvgIpc) is 2.35. The van der Waals surface area contributed by atoms with E-state index in [9.17, 15) is 4.39 Å². The van der Waals surface area contributed by atoms with Gasteiger partial charge in [-0.15, -0.1) is 0 Å². The maximum Gasteiger partial charge on any atom is 0.135 e. The van der Waals surface area contributed by atoms with E-state index in [1.807, 2.05) is 26.8 Å². The minimum Gasteiger partial charge on any atom is -0.457 e. The Bertz CT molecular complexity index is 635. The quantitative estimate of drug-likeness (QED) is 0.889. The van der Waals surface area contributed by atoms with Crippen LogP contribution in [-0.4, -0.2) is 0 Å². The van der Waals surface area contributed by atoms with Gasteiger partial charge in [0, 0.05) is 11.6 Å². The van der Waals surface area contributed by atoms with Crippen molar-refractivity contribution >= 4 is 0 Å². The molecule has 0 amide bonds. The zero-order chi connectivity index (χ0) is 14.9. The molecule has 106 valence electrons. The number of nitrogens with two attached hydrogens (primary N) is 1. The minimum atomic E-state index is -0.419. The second-order valence-corrected chi connectivity index (χ2v) is 5.25. The molecule has 2 N–H and O–H groups in total. The summed E-state index contributed by atoms with van der Waals surface area (Å²) in [6.45, 7) is 7.79. The third-order valence-corrected chi connectivity index (χ3v) is 3.45. The van der Waals surface area contributed by atoms with E-state index in [0.717, 1.165) is 22.4 Å². The molecule has 2 nitrogen and oxygen atoms in total. The lowest BCUT2D eigenvalue weighted by molar-refractivity contribution is 0.457. The average molecular weight is 273 g/mol. The molecule has 1 atom stereocenters. The molecule has 0 aliphatic carbocycles. The monoisotopic (exact) mass is 273 g/mol. The van der Waals surface area contributed by atoms with Crippen LogP contribution < -0.4 is 10.5 Å². The zero-order valence-electron chi connectivity index (χ0n) is 12.3. The number of halogens is 1. The number of ether oxygens (including phenoxy) is 1. The van der Waals surface area contributed by atoms with E-state index in [4.69, 9.17) is 10.5 Å². The Labute approximate surface area is 119 Å². The van der Waals surface area contributed by atoms with Crippen LogP contribution >= 0.6 is 0 Å². The van der Waals surface area contributed by atoms with Crippen molar-refractivity contribution in [3.8, 4) is 11.5 Å². The van der Waals surface area contributed by atoms with Gasteiger partial charge in [-0.1, -0.05) is 12.1 Å². The summed E-state index contributed by atoms with van der Waals surface area (Å²) in [5, 5.41) is 0. The summed E-state index contributed by atoms with van der Waals surface area (Å²) in [5.74, 6) is 0.891. The summed E-state index contributed by atoms with van der Waals surface area (Å²) in [6, 6.07) is 8.42. The molecule has 3 heteroatoms. The largest absolute Gasteiger partial charge is 0.457 e. The van der Waals surface area contributed by atoms with Gasteiger partial charge in [0.1, 0.15) is 17.3 Å². The Morgan fingerprint density at radius 1 is 1.10 bits per heavy atom. The van der Waals surface area contributed by atoms with Gasteiger partial charge in [0.05, 0.1) is 0 Å². The fraction of sp³-hybridized carbons (Fsp3) is 0.294. The van der Waals surface area contributed by atoms with Crippen LogP contribution in [0.25, 0.3) is 0 Å². The Balaban J connectivity index is 2.48. The molecule has 0 aliphatic heterocycles. The van der Waals surface area contributed by atoms with Crippen LogP contribution in [0.1, 0.15) is 35.2 Å². The van der Waals surface area contributed by atoms with Crippen LogP contribution in [-0.2, 0) is 0 Å². The van der Waals surface area contributed by atoms with E-state index in [2.05, 4.69) is 6.07 Å². The number of rotatable bonds is 3. The molecule has 0 bridgehead atoms. The van der Waals surface area contributed by atoms with Crippen LogP contribution in [0, 0.1) is 26.6 Å². The van der Waals surface area contributed by atoms with Gasteiger partial charge in [0.25, 0.3) is 0 Å². The fourth-order valence-electron chi connectivity index (χ4n) is 2.27. The molecule has 2 aromatic carbocycles. The van der Waals surface area contributed by atoms with E-state index >= 15 is 0 Å². The molecule has 0 spiro atoms. The van der Waals surface area contributed by atoms with Crippen molar-refractivity contribution in [2.24, 2.45) is 5.73 Å². The van der Waals surface area contributed by atoms with E-state index in [1.165, 1.54) is 6.07 Å². The zero-order valence-corrected chi connectivity index (χ0v) is 12.3. The first-order valence-corrected chi connectivity index (χ1v) is 6.70. The van der Waals surface area contributed by atoms with Crippen molar-refractivity contribution in [1.29, 1.82) is 0 Å². The SMILES string of the molecule is Cc1cc(C)c(C)c(Oc2cccc(F)c2[C@H](C)N)c1. The van der Waals surface area contributed by atoms with Crippen molar-refractivity contribution in [3.05, 3.63) is 58.4 Å². The molecule has 0 heterocycles. The molecular formula is C17H20FNO. The van der Waals surface area contributed by atoms with E-state index in [-0.39, 0.29) is 5.82 Å². The normalized spacial score (nSPS) is 12.3. The van der Waals surface area contributed by atoms with E-state index in [1.54, 1.807) is 19.1 Å². The highest BCUT2D eigenvalue weighted by Crippen LogP contribution is 2.33. The Hall–Kier alpha value is -1.87. The van der Waals surface area contributed by atoms with Crippen molar-refractivity contribution in [2.75, 3.05) is 0 Å². The first kappa shape index (κ1) is 14.5. The summed E-state index contributed by atoms with van der Waals surface area (Å²) in [6.07, 6.45) is 0.